The molecule has 0 unspecified atom stereocenters. The minimum absolute atomic E-state index is 0.0277. The molecule has 0 spiro atoms. The van der Waals surface area contributed by atoms with Gasteiger partial charge in [0.1, 0.15) is 12.4 Å². The van der Waals surface area contributed by atoms with Gasteiger partial charge in [-0.05, 0) is 72.9 Å². The number of rotatable bonds is 10. The topological polar surface area (TPSA) is 55.8 Å². The normalized spacial score (nSPS) is 14.3. The molecular weight excluding hydrogens is 388 g/mol. The standard InChI is InChI=1S/C27H34O4/c1-20(2)27(29)31-17-6-9-25-19-24(14-15-26(25)30-18-16-28)23-12-10-22(11-13-23)21-7-4-3-5-8-21/h10-15,19,21,28H,1,3-9,16-18H2,2H3. The second kappa shape index (κ2) is 11.7. The summed E-state index contributed by atoms with van der Waals surface area (Å²) in [5, 5.41) is 9.12. The molecule has 2 aromatic carbocycles. The van der Waals surface area contributed by atoms with Gasteiger partial charge in [-0.1, -0.05) is 56.2 Å². The van der Waals surface area contributed by atoms with Crippen LogP contribution in [0.2, 0.25) is 0 Å². The Morgan fingerprint density at radius 1 is 1.03 bits per heavy atom. The monoisotopic (exact) mass is 422 g/mol. The molecule has 0 bridgehead atoms. The smallest absolute Gasteiger partial charge is 0.333 e. The number of aryl methyl sites for hydroxylation is 1. The highest BCUT2D eigenvalue weighted by molar-refractivity contribution is 5.86. The van der Waals surface area contributed by atoms with E-state index in [0.717, 1.165) is 23.3 Å². The van der Waals surface area contributed by atoms with Crippen molar-refractivity contribution in [1.82, 2.24) is 0 Å². The van der Waals surface area contributed by atoms with Crippen molar-refractivity contribution in [1.29, 1.82) is 0 Å². The zero-order chi connectivity index (χ0) is 22.1. The van der Waals surface area contributed by atoms with E-state index in [0.29, 0.717) is 24.5 Å². The maximum Gasteiger partial charge on any atom is 0.333 e. The van der Waals surface area contributed by atoms with Crippen LogP contribution in [0.25, 0.3) is 11.1 Å². The summed E-state index contributed by atoms with van der Waals surface area (Å²) in [5.41, 5.74) is 5.23. The fraction of sp³-hybridized carbons (Fsp3) is 0.444. The van der Waals surface area contributed by atoms with Crippen molar-refractivity contribution < 1.29 is 19.4 Å². The lowest BCUT2D eigenvalue weighted by molar-refractivity contribution is -0.139. The van der Waals surface area contributed by atoms with Crippen molar-refractivity contribution in [2.24, 2.45) is 0 Å². The predicted molar refractivity (Wildman–Crippen MR) is 124 cm³/mol. The Labute approximate surface area is 185 Å². The van der Waals surface area contributed by atoms with E-state index < -0.39 is 0 Å². The Balaban J connectivity index is 1.70. The van der Waals surface area contributed by atoms with E-state index in [1.165, 1.54) is 43.2 Å². The molecule has 166 valence electrons. The highest BCUT2D eigenvalue weighted by Crippen LogP contribution is 2.34. The van der Waals surface area contributed by atoms with Crippen LogP contribution in [0.3, 0.4) is 0 Å². The Bertz CT molecular complexity index is 863. The van der Waals surface area contributed by atoms with Crippen LogP contribution < -0.4 is 4.74 Å². The van der Waals surface area contributed by atoms with E-state index in [-0.39, 0.29) is 19.2 Å². The maximum atomic E-state index is 11.6. The zero-order valence-electron chi connectivity index (χ0n) is 18.6. The van der Waals surface area contributed by atoms with E-state index in [2.05, 4.69) is 43.0 Å². The van der Waals surface area contributed by atoms with Crippen molar-refractivity contribution >= 4 is 5.97 Å². The van der Waals surface area contributed by atoms with Crippen molar-refractivity contribution in [3.63, 3.8) is 0 Å². The van der Waals surface area contributed by atoms with Crippen molar-refractivity contribution in [2.45, 2.75) is 57.8 Å². The average molecular weight is 423 g/mol. The summed E-state index contributed by atoms with van der Waals surface area (Å²) in [7, 11) is 0. The molecule has 1 aliphatic rings. The molecule has 1 aliphatic carbocycles. The first kappa shape index (κ1) is 23.1. The molecule has 3 rings (SSSR count). The lowest BCUT2D eigenvalue weighted by atomic mass is 9.83. The second-order valence-corrected chi connectivity index (χ2v) is 8.37. The van der Waals surface area contributed by atoms with Gasteiger partial charge in [0.25, 0.3) is 0 Å². The number of hydrogen-bond acceptors (Lipinski definition) is 4. The molecule has 1 fully saturated rings. The molecule has 0 radical (unpaired) electrons. The van der Waals surface area contributed by atoms with Gasteiger partial charge in [0.15, 0.2) is 0 Å². The van der Waals surface area contributed by atoms with E-state index in [1.807, 2.05) is 6.07 Å². The molecule has 2 aromatic rings. The molecule has 1 N–H and O–H groups in total. The summed E-state index contributed by atoms with van der Waals surface area (Å²) < 4.78 is 10.9. The van der Waals surface area contributed by atoms with Crippen LogP contribution in [0.4, 0.5) is 0 Å². The molecule has 0 amide bonds. The molecule has 31 heavy (non-hydrogen) atoms. The number of aliphatic hydroxyl groups excluding tert-OH is 1. The van der Waals surface area contributed by atoms with Gasteiger partial charge in [0.05, 0.1) is 13.2 Å². The van der Waals surface area contributed by atoms with Crippen LogP contribution in [0.15, 0.2) is 54.6 Å². The highest BCUT2D eigenvalue weighted by atomic mass is 16.5. The van der Waals surface area contributed by atoms with Crippen molar-refractivity contribution in [3.05, 3.63) is 65.7 Å². The molecular formula is C27H34O4. The summed E-state index contributed by atoms with van der Waals surface area (Å²) in [6.45, 7) is 5.82. The molecule has 0 aliphatic heterocycles. The van der Waals surface area contributed by atoms with Crippen molar-refractivity contribution in [2.75, 3.05) is 19.8 Å². The first-order valence-electron chi connectivity index (χ1n) is 11.4. The summed E-state index contributed by atoms with van der Waals surface area (Å²) >= 11 is 0. The van der Waals surface area contributed by atoms with Crippen LogP contribution >= 0.6 is 0 Å². The minimum Gasteiger partial charge on any atom is -0.491 e. The summed E-state index contributed by atoms with van der Waals surface area (Å²) in [5.74, 6) is 1.11. The van der Waals surface area contributed by atoms with Crippen molar-refractivity contribution in [3.8, 4) is 16.9 Å². The highest BCUT2D eigenvalue weighted by Gasteiger charge is 2.15. The van der Waals surface area contributed by atoms with E-state index in [1.54, 1.807) is 6.92 Å². The van der Waals surface area contributed by atoms with Gasteiger partial charge in [0, 0.05) is 5.57 Å². The van der Waals surface area contributed by atoms with Crippen LogP contribution in [0, 0.1) is 0 Å². The van der Waals surface area contributed by atoms with E-state index in [4.69, 9.17) is 14.6 Å². The molecule has 1 saturated carbocycles. The molecule has 0 heterocycles. The molecule has 0 aromatic heterocycles. The summed E-state index contributed by atoms with van der Waals surface area (Å²) in [6.07, 6.45) is 8.07. The first-order valence-corrected chi connectivity index (χ1v) is 11.4. The summed E-state index contributed by atoms with van der Waals surface area (Å²) in [6, 6.07) is 15.2. The average Bonchev–Trinajstić information content (AvgIpc) is 2.81. The Kier molecular flexibility index (Phi) is 8.72. The van der Waals surface area contributed by atoms with Gasteiger partial charge in [-0.2, -0.15) is 0 Å². The zero-order valence-corrected chi connectivity index (χ0v) is 18.6. The van der Waals surface area contributed by atoms with Crippen LogP contribution in [-0.2, 0) is 16.0 Å². The lowest BCUT2D eigenvalue weighted by Crippen LogP contribution is -2.08. The Morgan fingerprint density at radius 2 is 1.74 bits per heavy atom. The molecule has 4 heteroatoms. The minimum atomic E-state index is -0.358. The Hall–Kier alpha value is -2.59. The number of esters is 1. The van der Waals surface area contributed by atoms with Crippen LogP contribution in [-0.4, -0.2) is 30.9 Å². The van der Waals surface area contributed by atoms with Gasteiger partial charge in [-0.3, -0.25) is 0 Å². The number of ether oxygens (including phenoxy) is 2. The fourth-order valence-electron chi connectivity index (χ4n) is 4.19. The van der Waals surface area contributed by atoms with Crippen LogP contribution in [0.1, 0.15) is 62.5 Å². The lowest BCUT2D eigenvalue weighted by Gasteiger charge is -2.22. The Morgan fingerprint density at radius 3 is 2.42 bits per heavy atom. The first-order chi connectivity index (χ1) is 15.1. The molecule has 0 atom stereocenters. The number of aliphatic hydroxyl groups is 1. The second-order valence-electron chi connectivity index (χ2n) is 8.37. The third-order valence-corrected chi connectivity index (χ3v) is 5.90. The quantitative estimate of drug-likeness (QED) is 0.298. The fourth-order valence-corrected chi connectivity index (χ4v) is 4.19. The van der Waals surface area contributed by atoms with E-state index >= 15 is 0 Å². The van der Waals surface area contributed by atoms with Gasteiger partial charge in [0.2, 0.25) is 0 Å². The van der Waals surface area contributed by atoms with Crippen LogP contribution in [0.5, 0.6) is 5.75 Å². The number of carbonyl (C=O) groups is 1. The third kappa shape index (κ3) is 6.70. The molecule has 4 nitrogen and oxygen atoms in total. The van der Waals surface area contributed by atoms with Gasteiger partial charge in [-0.25, -0.2) is 4.79 Å². The SMILES string of the molecule is C=C(C)C(=O)OCCCc1cc(-c2ccc(C3CCCCC3)cc2)ccc1OCCO. The van der Waals surface area contributed by atoms with Gasteiger partial charge < -0.3 is 14.6 Å². The number of hydrogen-bond donors (Lipinski definition) is 1. The van der Waals surface area contributed by atoms with E-state index in [9.17, 15) is 4.79 Å². The summed E-state index contributed by atoms with van der Waals surface area (Å²) in [4.78, 5) is 11.6. The predicted octanol–water partition coefficient (Wildman–Crippen LogP) is 5.82. The number of carbonyl (C=O) groups excluding carboxylic acids is 1. The number of benzene rings is 2. The maximum absolute atomic E-state index is 11.6. The third-order valence-electron chi connectivity index (χ3n) is 5.90. The van der Waals surface area contributed by atoms with Gasteiger partial charge in [-0.15, -0.1) is 0 Å². The molecule has 0 saturated heterocycles. The van der Waals surface area contributed by atoms with Gasteiger partial charge >= 0.3 is 5.97 Å². The largest absolute Gasteiger partial charge is 0.491 e.